The third-order valence-electron chi connectivity index (χ3n) is 3.89. The van der Waals surface area contributed by atoms with Crippen molar-refractivity contribution in [2.24, 2.45) is 5.92 Å². The minimum Gasteiger partial charge on any atom is -0.381 e. The van der Waals surface area contributed by atoms with E-state index < -0.39 is 0 Å². The van der Waals surface area contributed by atoms with E-state index in [2.05, 4.69) is 35.1 Å². The van der Waals surface area contributed by atoms with Gasteiger partial charge in [-0.1, -0.05) is 13.8 Å². The Labute approximate surface area is 116 Å². The quantitative estimate of drug-likeness (QED) is 0.824. The molecule has 2 rings (SSSR count). The Bertz CT molecular complexity index is 358. The summed E-state index contributed by atoms with van der Waals surface area (Å²) in [5.74, 6) is 0.727. The molecule has 0 aliphatic carbocycles. The van der Waals surface area contributed by atoms with Crippen LogP contribution in [0.25, 0.3) is 0 Å². The molecule has 0 amide bonds. The molecule has 4 heteroatoms. The fraction of sp³-hybridized carbons (Fsp3) is 0.800. The molecule has 1 saturated heterocycles. The third kappa shape index (κ3) is 4.32. The number of nitrogens with one attached hydrogen (secondary N) is 1. The van der Waals surface area contributed by atoms with Crippen LogP contribution in [0.4, 0.5) is 0 Å². The first kappa shape index (κ1) is 14.5. The topological polar surface area (TPSA) is 39.1 Å². The van der Waals surface area contributed by atoms with Crippen molar-refractivity contribution in [1.29, 1.82) is 0 Å². The average molecular weight is 265 g/mol. The summed E-state index contributed by atoms with van der Waals surface area (Å²) in [7, 11) is 0. The summed E-state index contributed by atoms with van der Waals surface area (Å²) >= 11 is 0. The minimum atomic E-state index is 0.448. The van der Waals surface area contributed by atoms with Gasteiger partial charge in [-0.15, -0.1) is 0 Å². The summed E-state index contributed by atoms with van der Waals surface area (Å²) in [5, 5.41) is 8.10. The van der Waals surface area contributed by atoms with E-state index in [0.29, 0.717) is 6.04 Å². The summed E-state index contributed by atoms with van der Waals surface area (Å²) in [6.07, 6.45) is 8.86. The second-order valence-corrected chi connectivity index (χ2v) is 5.47. The maximum absolute atomic E-state index is 5.40. The molecule has 2 heterocycles. The van der Waals surface area contributed by atoms with Crippen LogP contribution in [0.1, 0.15) is 51.1 Å². The van der Waals surface area contributed by atoms with Gasteiger partial charge >= 0.3 is 0 Å². The van der Waals surface area contributed by atoms with E-state index >= 15 is 0 Å². The lowest BCUT2D eigenvalue weighted by molar-refractivity contribution is 0.0601. The molecule has 1 aliphatic heterocycles. The lowest BCUT2D eigenvalue weighted by atomic mass is 10.0. The summed E-state index contributed by atoms with van der Waals surface area (Å²) in [4.78, 5) is 0. The SMILES string of the molecule is CCCNC(CC)c1cnn(CC2CCOCC2)c1. The number of nitrogens with zero attached hydrogens (tertiary/aromatic N) is 2. The number of ether oxygens (including phenoxy) is 1. The minimum absolute atomic E-state index is 0.448. The van der Waals surface area contributed by atoms with Crippen molar-refractivity contribution in [1.82, 2.24) is 15.1 Å². The normalized spacial score (nSPS) is 18.6. The fourth-order valence-corrected chi connectivity index (χ4v) is 2.67. The predicted octanol–water partition coefficient (Wildman–Crippen LogP) is 2.76. The van der Waals surface area contributed by atoms with Crippen LogP contribution < -0.4 is 5.32 Å². The second kappa shape index (κ2) is 7.65. The first-order valence-corrected chi connectivity index (χ1v) is 7.67. The highest BCUT2D eigenvalue weighted by atomic mass is 16.5. The summed E-state index contributed by atoms with van der Waals surface area (Å²) in [5.41, 5.74) is 1.32. The molecule has 0 radical (unpaired) electrons. The van der Waals surface area contributed by atoms with Gasteiger partial charge in [-0.05, 0) is 38.1 Å². The van der Waals surface area contributed by atoms with Gasteiger partial charge in [0.15, 0.2) is 0 Å². The van der Waals surface area contributed by atoms with Crippen molar-refractivity contribution in [2.75, 3.05) is 19.8 Å². The van der Waals surface area contributed by atoms with Crippen LogP contribution in [0.3, 0.4) is 0 Å². The Morgan fingerprint density at radius 2 is 2.21 bits per heavy atom. The van der Waals surface area contributed by atoms with Gasteiger partial charge < -0.3 is 10.1 Å². The van der Waals surface area contributed by atoms with Crippen molar-refractivity contribution in [3.63, 3.8) is 0 Å². The zero-order valence-electron chi connectivity index (χ0n) is 12.3. The molecule has 1 N–H and O–H groups in total. The highest BCUT2D eigenvalue weighted by Gasteiger charge is 2.16. The molecule has 1 fully saturated rings. The molecule has 19 heavy (non-hydrogen) atoms. The van der Waals surface area contributed by atoms with Gasteiger partial charge in [0.05, 0.1) is 6.20 Å². The van der Waals surface area contributed by atoms with Gasteiger partial charge in [0, 0.05) is 37.6 Å². The van der Waals surface area contributed by atoms with Crippen LogP contribution in [0.15, 0.2) is 12.4 Å². The molecule has 1 atom stereocenters. The van der Waals surface area contributed by atoms with E-state index in [-0.39, 0.29) is 0 Å². The zero-order valence-corrected chi connectivity index (χ0v) is 12.3. The Kier molecular flexibility index (Phi) is 5.86. The third-order valence-corrected chi connectivity index (χ3v) is 3.89. The molecule has 4 nitrogen and oxygen atoms in total. The van der Waals surface area contributed by atoms with Crippen LogP contribution in [0.2, 0.25) is 0 Å². The molecule has 1 unspecified atom stereocenters. The van der Waals surface area contributed by atoms with Crippen LogP contribution in [-0.4, -0.2) is 29.5 Å². The molecule has 1 aromatic heterocycles. The van der Waals surface area contributed by atoms with Crippen LogP contribution >= 0.6 is 0 Å². The molecule has 0 saturated carbocycles. The Morgan fingerprint density at radius 3 is 2.89 bits per heavy atom. The molecule has 0 bridgehead atoms. The van der Waals surface area contributed by atoms with E-state index in [4.69, 9.17) is 4.74 Å². The zero-order chi connectivity index (χ0) is 13.5. The molecule has 1 aliphatic rings. The smallest absolute Gasteiger partial charge is 0.0537 e. The van der Waals surface area contributed by atoms with Gasteiger partial charge in [0.1, 0.15) is 0 Å². The van der Waals surface area contributed by atoms with Gasteiger partial charge in [-0.25, -0.2) is 0 Å². The molecule has 0 aromatic carbocycles. The number of hydrogen-bond acceptors (Lipinski definition) is 3. The van der Waals surface area contributed by atoms with E-state index in [1.165, 1.54) is 24.8 Å². The van der Waals surface area contributed by atoms with E-state index in [0.717, 1.165) is 38.6 Å². The molecular weight excluding hydrogens is 238 g/mol. The maximum Gasteiger partial charge on any atom is 0.0537 e. The van der Waals surface area contributed by atoms with Crippen molar-refractivity contribution in [2.45, 2.75) is 52.1 Å². The van der Waals surface area contributed by atoms with E-state index in [9.17, 15) is 0 Å². The average Bonchev–Trinajstić information content (AvgIpc) is 2.89. The van der Waals surface area contributed by atoms with Crippen LogP contribution in [0, 0.1) is 5.92 Å². The van der Waals surface area contributed by atoms with Crippen molar-refractivity contribution in [3.8, 4) is 0 Å². The largest absolute Gasteiger partial charge is 0.381 e. The van der Waals surface area contributed by atoms with Crippen LogP contribution in [0.5, 0.6) is 0 Å². The monoisotopic (exact) mass is 265 g/mol. The van der Waals surface area contributed by atoms with Crippen molar-refractivity contribution < 1.29 is 4.74 Å². The van der Waals surface area contributed by atoms with Gasteiger partial charge in [0.2, 0.25) is 0 Å². The predicted molar refractivity (Wildman–Crippen MR) is 77.1 cm³/mol. The van der Waals surface area contributed by atoms with Crippen molar-refractivity contribution in [3.05, 3.63) is 18.0 Å². The summed E-state index contributed by atoms with van der Waals surface area (Å²) in [6.45, 7) is 8.36. The van der Waals surface area contributed by atoms with Crippen LogP contribution in [-0.2, 0) is 11.3 Å². The highest BCUT2D eigenvalue weighted by molar-refractivity contribution is 5.10. The molecule has 1 aromatic rings. The highest BCUT2D eigenvalue weighted by Crippen LogP contribution is 2.19. The van der Waals surface area contributed by atoms with Gasteiger partial charge in [-0.2, -0.15) is 5.10 Å². The van der Waals surface area contributed by atoms with Gasteiger partial charge in [-0.3, -0.25) is 4.68 Å². The number of hydrogen-bond donors (Lipinski definition) is 1. The molecule has 108 valence electrons. The fourth-order valence-electron chi connectivity index (χ4n) is 2.67. The number of rotatable bonds is 7. The first-order valence-electron chi connectivity index (χ1n) is 7.67. The standard InChI is InChI=1S/C15H27N3O/c1-3-7-16-15(4-2)14-10-17-18(12-14)11-13-5-8-19-9-6-13/h10,12-13,15-16H,3-9,11H2,1-2H3. The lowest BCUT2D eigenvalue weighted by Crippen LogP contribution is -2.21. The Balaban J connectivity index is 1.89. The van der Waals surface area contributed by atoms with E-state index in [1.54, 1.807) is 0 Å². The lowest BCUT2D eigenvalue weighted by Gasteiger charge is -2.21. The van der Waals surface area contributed by atoms with Gasteiger partial charge in [0.25, 0.3) is 0 Å². The maximum atomic E-state index is 5.40. The second-order valence-electron chi connectivity index (χ2n) is 5.47. The Hall–Kier alpha value is -0.870. The van der Waals surface area contributed by atoms with Crippen molar-refractivity contribution >= 4 is 0 Å². The molecular formula is C15H27N3O. The van der Waals surface area contributed by atoms with E-state index in [1.807, 2.05) is 6.20 Å². The number of aromatic nitrogens is 2. The summed E-state index contributed by atoms with van der Waals surface area (Å²) in [6, 6.07) is 0.448. The first-order chi connectivity index (χ1) is 9.33. The summed E-state index contributed by atoms with van der Waals surface area (Å²) < 4.78 is 7.52. The molecule has 0 spiro atoms. The Morgan fingerprint density at radius 1 is 1.42 bits per heavy atom.